The number of benzene rings is 1. The summed E-state index contributed by atoms with van der Waals surface area (Å²) in [5.41, 5.74) is 9.02. The molecule has 1 aromatic carbocycles. The van der Waals surface area contributed by atoms with Gasteiger partial charge in [0, 0.05) is 39.8 Å². The number of anilines is 2. The Morgan fingerprint density at radius 1 is 1.11 bits per heavy atom. The van der Waals surface area contributed by atoms with Crippen LogP contribution in [0.25, 0.3) is 0 Å². The zero-order valence-electron chi connectivity index (χ0n) is 23.9. The fourth-order valence-electron chi connectivity index (χ4n) is 7.10. The Kier molecular flexibility index (Phi) is 7.94. The van der Waals surface area contributed by atoms with Crippen LogP contribution in [-0.4, -0.2) is 35.6 Å². The number of hydrogen-bond acceptors (Lipinski definition) is 4. The molecule has 0 bridgehead atoms. The van der Waals surface area contributed by atoms with Crippen LogP contribution in [0.2, 0.25) is 5.02 Å². The number of piperidine rings is 1. The number of pyridine rings is 1. The number of rotatable bonds is 5. The first-order valence-corrected chi connectivity index (χ1v) is 15.2. The number of fused-ring (bicyclic) bond motifs is 3. The van der Waals surface area contributed by atoms with E-state index in [1.165, 1.54) is 58.7 Å². The molecule has 2 fully saturated rings. The molecule has 4 nitrogen and oxygen atoms in total. The predicted octanol–water partition coefficient (Wildman–Crippen LogP) is 8.04. The zero-order valence-corrected chi connectivity index (χ0v) is 24.6. The molecular weight excluding hydrogens is 488 g/mol. The third kappa shape index (κ3) is 4.91. The second-order valence-electron chi connectivity index (χ2n) is 11.8. The summed E-state index contributed by atoms with van der Waals surface area (Å²) in [5.74, 6) is 2.01. The van der Waals surface area contributed by atoms with Gasteiger partial charge in [0.05, 0.1) is 0 Å². The number of aryl methyl sites for hydroxylation is 3. The van der Waals surface area contributed by atoms with E-state index in [1.807, 2.05) is 19.9 Å². The summed E-state index contributed by atoms with van der Waals surface area (Å²) in [6, 6.07) is 7.24. The van der Waals surface area contributed by atoms with Gasteiger partial charge in [0.2, 0.25) is 0 Å². The summed E-state index contributed by atoms with van der Waals surface area (Å²) in [6.07, 6.45) is 11.3. The Morgan fingerprint density at radius 2 is 1.84 bits per heavy atom. The van der Waals surface area contributed by atoms with Crippen LogP contribution in [0.4, 0.5) is 11.5 Å². The lowest BCUT2D eigenvalue weighted by molar-refractivity contribution is 0.179. The summed E-state index contributed by atoms with van der Waals surface area (Å²) in [5, 5.41) is 4.42. The Bertz CT molecular complexity index is 1200. The molecule has 2 aromatic rings. The summed E-state index contributed by atoms with van der Waals surface area (Å²) in [7, 11) is 0. The minimum absolute atomic E-state index is 0.0258. The number of hydrogen-bond donors (Lipinski definition) is 1. The van der Waals surface area contributed by atoms with Crippen molar-refractivity contribution < 1.29 is 0 Å². The van der Waals surface area contributed by atoms with Crippen LogP contribution in [0.3, 0.4) is 0 Å². The monoisotopic (exact) mass is 532 g/mol. The van der Waals surface area contributed by atoms with Gasteiger partial charge in [-0.2, -0.15) is 0 Å². The first kappa shape index (κ1) is 27.3. The Balaban J connectivity index is 0.00000144. The number of allylic oxidation sites excluding steroid dienone is 2. The van der Waals surface area contributed by atoms with Gasteiger partial charge >= 0.3 is 0 Å². The fourth-order valence-corrected chi connectivity index (χ4v) is 7.37. The van der Waals surface area contributed by atoms with Crippen molar-refractivity contribution in [3.63, 3.8) is 0 Å². The topological polar surface area (TPSA) is 31.4 Å². The lowest BCUT2D eigenvalue weighted by Gasteiger charge is -2.45. The molecule has 6 rings (SSSR count). The number of halogens is 1. The summed E-state index contributed by atoms with van der Waals surface area (Å²) >= 11 is 6.45. The van der Waals surface area contributed by atoms with Crippen LogP contribution in [0, 0.1) is 12.8 Å². The molecule has 1 aliphatic carbocycles. The number of nitrogens with zero attached hydrogens (tertiary/aromatic N) is 3. The summed E-state index contributed by atoms with van der Waals surface area (Å²) < 4.78 is 0. The van der Waals surface area contributed by atoms with Crippen LogP contribution in [-0.2, 0) is 18.3 Å². The van der Waals surface area contributed by atoms with E-state index >= 15 is 0 Å². The van der Waals surface area contributed by atoms with E-state index in [0.717, 1.165) is 68.4 Å². The largest absolute Gasteiger partial charge is 0.358 e. The van der Waals surface area contributed by atoms with Gasteiger partial charge in [-0.15, -0.1) is 0 Å². The van der Waals surface area contributed by atoms with Crippen molar-refractivity contribution in [2.75, 3.05) is 29.9 Å². The van der Waals surface area contributed by atoms with E-state index in [9.17, 15) is 0 Å². The van der Waals surface area contributed by atoms with E-state index in [1.54, 1.807) is 0 Å². The van der Waals surface area contributed by atoms with Crippen molar-refractivity contribution in [2.45, 2.75) is 90.5 Å². The highest BCUT2D eigenvalue weighted by atomic mass is 35.5. The second kappa shape index (κ2) is 11.1. The van der Waals surface area contributed by atoms with Crippen LogP contribution < -0.4 is 10.2 Å². The third-order valence-electron chi connectivity index (χ3n) is 9.28. The van der Waals surface area contributed by atoms with Crippen molar-refractivity contribution in [1.29, 1.82) is 0 Å². The summed E-state index contributed by atoms with van der Waals surface area (Å²) in [6.45, 7) is 20.6. The van der Waals surface area contributed by atoms with Gasteiger partial charge in [-0.3, -0.25) is 0 Å². The number of nitrogens with one attached hydrogen (secondary N) is 1. The second-order valence-corrected chi connectivity index (χ2v) is 12.2. The first-order valence-electron chi connectivity index (χ1n) is 14.8. The fraction of sp³-hybridized carbons (Fsp3) is 0.545. The molecule has 3 aliphatic heterocycles. The number of aromatic nitrogens is 1. The highest BCUT2D eigenvalue weighted by molar-refractivity contribution is 6.30. The van der Waals surface area contributed by atoms with Crippen LogP contribution in [0.1, 0.15) is 81.5 Å². The standard InChI is InChI=1S/C31H39ClN4.C2H6/c1-20-14-27(15-20)36-22(3)7-8-25-17-24(19-33-30(25)36)6-5-11-35-12-9-31(10-13-35)23(4)34-29-21(2)16-26(32)18-28(29)31;1-2/h16-20,27,34H,3-15H2,1-2H3;1-2H3. The van der Waals surface area contributed by atoms with Crippen LogP contribution in [0.5, 0.6) is 0 Å². The van der Waals surface area contributed by atoms with Gasteiger partial charge in [-0.05, 0) is 118 Å². The molecule has 1 saturated carbocycles. The maximum Gasteiger partial charge on any atom is 0.136 e. The maximum atomic E-state index is 6.45. The van der Waals surface area contributed by atoms with Crippen LogP contribution in [0.15, 0.2) is 48.9 Å². The Morgan fingerprint density at radius 3 is 2.55 bits per heavy atom. The van der Waals surface area contributed by atoms with Gasteiger partial charge in [0.25, 0.3) is 0 Å². The lowest BCUT2D eigenvalue weighted by Crippen LogP contribution is -2.45. The predicted molar refractivity (Wildman–Crippen MR) is 162 cm³/mol. The lowest BCUT2D eigenvalue weighted by atomic mass is 9.72. The van der Waals surface area contributed by atoms with E-state index in [4.69, 9.17) is 16.6 Å². The van der Waals surface area contributed by atoms with Gasteiger partial charge in [-0.25, -0.2) is 4.98 Å². The molecule has 1 N–H and O–H groups in total. The molecule has 1 spiro atoms. The van der Waals surface area contributed by atoms with E-state index in [-0.39, 0.29) is 5.41 Å². The maximum absolute atomic E-state index is 6.45. The zero-order chi connectivity index (χ0) is 27.0. The molecule has 204 valence electrons. The molecule has 4 heterocycles. The van der Waals surface area contributed by atoms with Crippen molar-refractivity contribution in [3.8, 4) is 0 Å². The summed E-state index contributed by atoms with van der Waals surface area (Å²) in [4.78, 5) is 10.0. The van der Waals surface area contributed by atoms with Gasteiger partial charge in [-0.1, -0.05) is 51.6 Å². The molecule has 5 heteroatoms. The van der Waals surface area contributed by atoms with E-state index < -0.39 is 0 Å². The van der Waals surface area contributed by atoms with Crippen molar-refractivity contribution >= 4 is 23.1 Å². The third-order valence-corrected chi connectivity index (χ3v) is 9.50. The minimum atomic E-state index is 0.0258. The molecule has 1 aromatic heterocycles. The molecular formula is C33H45ClN4. The first-order chi connectivity index (χ1) is 18.3. The average Bonchev–Trinajstić information content (AvgIpc) is 3.16. The highest BCUT2D eigenvalue weighted by Crippen LogP contribution is 2.51. The quantitative estimate of drug-likeness (QED) is 0.422. The van der Waals surface area contributed by atoms with Gasteiger partial charge in [0.15, 0.2) is 0 Å². The molecule has 38 heavy (non-hydrogen) atoms. The van der Waals surface area contributed by atoms with Gasteiger partial charge in [0.1, 0.15) is 5.82 Å². The average molecular weight is 533 g/mol. The molecule has 4 aliphatic rings. The minimum Gasteiger partial charge on any atom is -0.358 e. The Hall–Kier alpha value is -2.30. The molecule has 0 unspecified atom stereocenters. The number of likely N-dealkylation sites (tertiary alicyclic amines) is 1. The van der Waals surface area contributed by atoms with Crippen molar-refractivity contribution in [3.05, 3.63) is 76.2 Å². The van der Waals surface area contributed by atoms with Crippen molar-refractivity contribution in [1.82, 2.24) is 9.88 Å². The Labute approximate surface area is 235 Å². The van der Waals surface area contributed by atoms with Gasteiger partial charge < -0.3 is 15.1 Å². The van der Waals surface area contributed by atoms with E-state index in [0.29, 0.717) is 6.04 Å². The molecule has 0 radical (unpaired) electrons. The molecule has 1 saturated heterocycles. The highest BCUT2D eigenvalue weighted by Gasteiger charge is 2.45. The smallest absolute Gasteiger partial charge is 0.136 e. The SMILES string of the molecule is C=C1CCc2cc(CCCN3CCC4(CC3)C(=C)Nc3c(C)cc(Cl)cc34)cnc2N1C1CC(C)C1.CC. The van der Waals surface area contributed by atoms with Crippen LogP contribution >= 0.6 is 11.6 Å². The van der Waals surface area contributed by atoms with Crippen molar-refractivity contribution in [2.24, 2.45) is 5.92 Å². The van der Waals surface area contributed by atoms with E-state index in [2.05, 4.69) is 60.5 Å². The molecule has 0 amide bonds. The normalized spacial score (nSPS) is 23.8. The molecule has 0 atom stereocenters.